The molecule has 2 N–H and O–H groups in total. The summed E-state index contributed by atoms with van der Waals surface area (Å²) in [6, 6.07) is 4.33. The van der Waals surface area contributed by atoms with Crippen LogP contribution in [0.2, 0.25) is 0 Å². The van der Waals surface area contributed by atoms with E-state index >= 15 is 0 Å². The predicted octanol–water partition coefficient (Wildman–Crippen LogP) is 2.39. The van der Waals surface area contributed by atoms with Gasteiger partial charge in [0.05, 0.1) is 5.75 Å². The first-order valence-electron chi connectivity index (χ1n) is 4.78. The highest BCUT2D eigenvalue weighted by Gasteiger charge is 2.11. The second kappa shape index (κ2) is 5.65. The first-order chi connectivity index (χ1) is 8.56. The minimum Gasteiger partial charge on any atom is -0.481 e. The van der Waals surface area contributed by atoms with E-state index in [2.05, 4.69) is 15.2 Å². The van der Waals surface area contributed by atoms with Crippen molar-refractivity contribution in [2.24, 2.45) is 0 Å². The lowest BCUT2D eigenvalue weighted by atomic mass is 10.2. The number of hydrogen-bond donors (Lipinski definition) is 2. The number of H-pyrrole nitrogens is 1. The van der Waals surface area contributed by atoms with E-state index in [9.17, 15) is 9.18 Å². The third kappa shape index (κ3) is 3.19. The topological polar surface area (TPSA) is 78.9 Å². The van der Waals surface area contributed by atoms with Gasteiger partial charge in [-0.15, -0.1) is 5.10 Å². The minimum atomic E-state index is -0.928. The van der Waals surface area contributed by atoms with E-state index in [4.69, 9.17) is 5.11 Å². The van der Waals surface area contributed by atoms with Crippen LogP contribution in [0.15, 0.2) is 23.4 Å². The number of carboxylic acid groups (broad SMARTS) is 1. The number of rotatable bonds is 4. The second-order valence-corrected chi connectivity index (χ2v) is 5.38. The zero-order valence-electron chi connectivity index (χ0n) is 8.85. The summed E-state index contributed by atoms with van der Waals surface area (Å²) >= 11 is 3.03. The lowest BCUT2D eigenvalue weighted by Gasteiger charge is -1.99. The molecule has 0 spiro atoms. The summed E-state index contributed by atoms with van der Waals surface area (Å²) in [5, 5.41) is 15.5. The summed E-state index contributed by atoms with van der Waals surface area (Å²) in [6.45, 7) is 0. The molecular formula is C10H7FIN3O2S. The smallest absolute Gasteiger partial charge is 0.313 e. The third-order valence-corrected chi connectivity index (χ3v) is 3.70. The first-order valence-corrected chi connectivity index (χ1v) is 6.85. The summed E-state index contributed by atoms with van der Waals surface area (Å²) in [5.41, 5.74) is 0.728. The Morgan fingerprint density at radius 3 is 3.00 bits per heavy atom. The van der Waals surface area contributed by atoms with Crippen molar-refractivity contribution in [2.75, 3.05) is 5.75 Å². The molecule has 0 saturated heterocycles. The Bertz CT molecular complexity index is 590. The summed E-state index contributed by atoms with van der Waals surface area (Å²) in [4.78, 5) is 14.6. The molecule has 0 aliphatic heterocycles. The van der Waals surface area contributed by atoms with Gasteiger partial charge < -0.3 is 5.11 Å². The maximum absolute atomic E-state index is 13.0. The molecular weight excluding hydrogens is 372 g/mol. The lowest BCUT2D eigenvalue weighted by Crippen LogP contribution is -1.97. The van der Waals surface area contributed by atoms with Gasteiger partial charge in [0.1, 0.15) is 5.82 Å². The van der Waals surface area contributed by atoms with Crippen LogP contribution in [0.25, 0.3) is 11.4 Å². The normalized spacial score (nSPS) is 10.6. The number of nitrogens with zero attached hydrogens (tertiary/aromatic N) is 2. The van der Waals surface area contributed by atoms with Crippen LogP contribution in [0.5, 0.6) is 0 Å². The molecule has 1 aromatic heterocycles. The molecule has 0 aliphatic rings. The molecule has 18 heavy (non-hydrogen) atoms. The molecule has 0 amide bonds. The Morgan fingerprint density at radius 2 is 2.33 bits per heavy atom. The SMILES string of the molecule is O=C(O)CSc1n[nH]c(-c2ccc(F)cc2I)n1. The molecule has 0 atom stereocenters. The number of aliphatic carboxylic acids is 1. The number of hydrogen-bond acceptors (Lipinski definition) is 4. The van der Waals surface area contributed by atoms with Crippen molar-refractivity contribution in [3.63, 3.8) is 0 Å². The molecule has 0 aliphatic carbocycles. The highest BCUT2D eigenvalue weighted by molar-refractivity contribution is 14.1. The maximum atomic E-state index is 13.0. The van der Waals surface area contributed by atoms with Gasteiger partial charge in [0, 0.05) is 9.13 Å². The summed E-state index contributed by atoms with van der Waals surface area (Å²) in [5.74, 6) is -0.851. The zero-order chi connectivity index (χ0) is 13.1. The van der Waals surface area contributed by atoms with Gasteiger partial charge in [0.2, 0.25) is 5.16 Å². The van der Waals surface area contributed by atoms with Gasteiger partial charge in [-0.3, -0.25) is 9.89 Å². The van der Waals surface area contributed by atoms with Crippen molar-refractivity contribution in [2.45, 2.75) is 5.16 Å². The number of carbonyl (C=O) groups is 1. The van der Waals surface area contributed by atoms with E-state index in [1.165, 1.54) is 12.1 Å². The molecule has 8 heteroatoms. The number of carboxylic acids is 1. The van der Waals surface area contributed by atoms with Crippen molar-refractivity contribution in [1.82, 2.24) is 15.2 Å². The molecule has 0 unspecified atom stereocenters. The molecule has 5 nitrogen and oxygen atoms in total. The van der Waals surface area contributed by atoms with E-state index in [1.54, 1.807) is 6.07 Å². The molecule has 94 valence electrons. The molecule has 1 aromatic carbocycles. The molecule has 0 radical (unpaired) electrons. The van der Waals surface area contributed by atoms with Crippen molar-refractivity contribution in [1.29, 1.82) is 0 Å². The Morgan fingerprint density at radius 1 is 1.56 bits per heavy atom. The van der Waals surface area contributed by atoms with Gasteiger partial charge in [-0.25, -0.2) is 9.37 Å². The number of aromatic nitrogens is 3. The van der Waals surface area contributed by atoms with E-state index in [0.717, 1.165) is 17.3 Å². The van der Waals surface area contributed by atoms with Crippen molar-refractivity contribution >= 4 is 40.3 Å². The van der Waals surface area contributed by atoms with Crippen LogP contribution in [0.3, 0.4) is 0 Å². The Kier molecular flexibility index (Phi) is 4.17. The third-order valence-electron chi connectivity index (χ3n) is 1.98. The van der Waals surface area contributed by atoms with Crippen LogP contribution in [-0.4, -0.2) is 32.0 Å². The van der Waals surface area contributed by atoms with E-state index < -0.39 is 5.97 Å². The maximum Gasteiger partial charge on any atom is 0.313 e. The van der Waals surface area contributed by atoms with E-state index in [0.29, 0.717) is 14.6 Å². The van der Waals surface area contributed by atoms with Crippen LogP contribution in [0, 0.1) is 9.39 Å². The Balaban J connectivity index is 2.21. The van der Waals surface area contributed by atoms with Crippen LogP contribution in [-0.2, 0) is 4.79 Å². The van der Waals surface area contributed by atoms with Crippen LogP contribution in [0.1, 0.15) is 0 Å². The quantitative estimate of drug-likeness (QED) is 0.630. The highest BCUT2D eigenvalue weighted by Crippen LogP contribution is 2.24. The lowest BCUT2D eigenvalue weighted by molar-refractivity contribution is -0.133. The molecule has 1 heterocycles. The fourth-order valence-corrected chi connectivity index (χ4v) is 2.49. The van der Waals surface area contributed by atoms with Gasteiger partial charge in [-0.05, 0) is 40.8 Å². The fraction of sp³-hybridized carbons (Fsp3) is 0.100. The average Bonchev–Trinajstić information content (AvgIpc) is 2.75. The summed E-state index contributed by atoms with van der Waals surface area (Å²) in [6.07, 6.45) is 0. The Hall–Kier alpha value is -1.16. The van der Waals surface area contributed by atoms with Gasteiger partial charge >= 0.3 is 5.97 Å². The van der Waals surface area contributed by atoms with Gasteiger partial charge in [0.15, 0.2) is 5.82 Å². The standard InChI is InChI=1S/C10H7FIN3O2S/c11-5-1-2-6(7(12)3-5)9-13-10(15-14-9)18-4-8(16)17/h1-3H,4H2,(H,16,17)(H,13,14,15). The second-order valence-electron chi connectivity index (χ2n) is 3.27. The zero-order valence-corrected chi connectivity index (χ0v) is 11.8. The van der Waals surface area contributed by atoms with E-state index in [-0.39, 0.29) is 11.6 Å². The van der Waals surface area contributed by atoms with Crippen LogP contribution in [0.4, 0.5) is 4.39 Å². The van der Waals surface area contributed by atoms with Gasteiger partial charge in [-0.1, -0.05) is 11.8 Å². The fourth-order valence-electron chi connectivity index (χ4n) is 1.24. The van der Waals surface area contributed by atoms with E-state index in [1.807, 2.05) is 22.6 Å². The van der Waals surface area contributed by atoms with Gasteiger partial charge in [0.25, 0.3) is 0 Å². The van der Waals surface area contributed by atoms with Crippen LogP contribution >= 0.6 is 34.4 Å². The molecule has 0 bridgehead atoms. The highest BCUT2D eigenvalue weighted by atomic mass is 127. The average molecular weight is 379 g/mol. The largest absolute Gasteiger partial charge is 0.481 e. The van der Waals surface area contributed by atoms with Crippen molar-refractivity contribution in [3.05, 3.63) is 27.6 Å². The summed E-state index contributed by atoms with van der Waals surface area (Å²) in [7, 11) is 0. The number of aromatic amines is 1. The molecule has 0 saturated carbocycles. The number of thioether (sulfide) groups is 1. The van der Waals surface area contributed by atoms with Gasteiger partial charge in [-0.2, -0.15) is 0 Å². The Labute approximate surface area is 119 Å². The minimum absolute atomic E-state index is 0.0994. The number of nitrogens with one attached hydrogen (secondary N) is 1. The molecule has 0 fully saturated rings. The number of benzene rings is 1. The number of halogens is 2. The van der Waals surface area contributed by atoms with Crippen molar-refractivity contribution < 1.29 is 14.3 Å². The molecule has 2 aromatic rings. The first kappa shape index (κ1) is 13.3. The predicted molar refractivity (Wildman–Crippen MR) is 72.9 cm³/mol. The summed E-state index contributed by atoms with van der Waals surface area (Å²) < 4.78 is 13.7. The molecule has 2 rings (SSSR count). The van der Waals surface area contributed by atoms with Crippen LogP contribution < -0.4 is 0 Å². The van der Waals surface area contributed by atoms with Crippen molar-refractivity contribution in [3.8, 4) is 11.4 Å². The monoisotopic (exact) mass is 379 g/mol.